The van der Waals surface area contributed by atoms with Gasteiger partial charge in [-0.25, -0.2) is 0 Å². The smallest absolute Gasteiger partial charge is 0.252 e. The average molecular weight is 267 g/mol. The van der Waals surface area contributed by atoms with Gasteiger partial charge in [-0.15, -0.1) is 11.8 Å². The van der Waals surface area contributed by atoms with E-state index in [1.54, 1.807) is 11.8 Å². The van der Waals surface area contributed by atoms with Gasteiger partial charge in [0.2, 0.25) is 0 Å². The van der Waals surface area contributed by atoms with Crippen LogP contribution in [0, 0.1) is 0 Å². The highest BCUT2D eigenvalue weighted by atomic mass is 32.2. The Morgan fingerprint density at radius 3 is 2.67 bits per heavy atom. The van der Waals surface area contributed by atoms with Gasteiger partial charge < -0.3 is 10.4 Å². The first-order chi connectivity index (χ1) is 8.79. The maximum absolute atomic E-state index is 11.9. The standard InChI is InChI=1S/C14H21NO2S/c1-18-13-9-5-4-8-12(13)14(17)15-10-6-2-3-7-11-16/h4-5,8-9,16H,2-3,6-7,10-11H2,1H3,(H,15,17). The number of carbonyl (C=O) groups excluding carboxylic acids is 1. The minimum absolute atomic E-state index is 0.00195. The van der Waals surface area contributed by atoms with Crippen molar-refractivity contribution in [2.24, 2.45) is 0 Å². The summed E-state index contributed by atoms with van der Waals surface area (Å²) >= 11 is 1.59. The molecule has 100 valence electrons. The van der Waals surface area contributed by atoms with Crippen LogP contribution in [0.2, 0.25) is 0 Å². The number of benzene rings is 1. The summed E-state index contributed by atoms with van der Waals surface area (Å²) in [6.45, 7) is 0.959. The number of amides is 1. The van der Waals surface area contributed by atoms with Crippen molar-refractivity contribution >= 4 is 17.7 Å². The van der Waals surface area contributed by atoms with Gasteiger partial charge in [-0.1, -0.05) is 25.0 Å². The Balaban J connectivity index is 2.32. The van der Waals surface area contributed by atoms with E-state index >= 15 is 0 Å². The van der Waals surface area contributed by atoms with Gasteiger partial charge in [0.05, 0.1) is 5.56 Å². The minimum atomic E-state index is 0.00195. The van der Waals surface area contributed by atoms with E-state index in [9.17, 15) is 4.79 Å². The van der Waals surface area contributed by atoms with Gasteiger partial charge in [0, 0.05) is 18.0 Å². The zero-order chi connectivity index (χ0) is 13.2. The molecule has 0 aliphatic heterocycles. The van der Waals surface area contributed by atoms with Crippen LogP contribution in [-0.2, 0) is 0 Å². The fraction of sp³-hybridized carbons (Fsp3) is 0.500. The first-order valence-corrected chi connectivity index (χ1v) is 7.54. The Bertz CT molecular complexity index is 369. The second-order valence-corrected chi connectivity index (χ2v) is 4.94. The lowest BCUT2D eigenvalue weighted by Gasteiger charge is -2.08. The molecule has 1 aromatic rings. The van der Waals surface area contributed by atoms with Gasteiger partial charge in [0.15, 0.2) is 0 Å². The predicted molar refractivity (Wildman–Crippen MR) is 76.1 cm³/mol. The highest BCUT2D eigenvalue weighted by Gasteiger charge is 2.08. The Morgan fingerprint density at radius 2 is 1.94 bits per heavy atom. The SMILES string of the molecule is CSc1ccccc1C(=O)NCCCCCCO. The molecule has 18 heavy (non-hydrogen) atoms. The highest BCUT2D eigenvalue weighted by molar-refractivity contribution is 7.98. The first kappa shape index (κ1) is 15.1. The van der Waals surface area contributed by atoms with Crippen LogP contribution in [0.15, 0.2) is 29.2 Å². The summed E-state index contributed by atoms with van der Waals surface area (Å²) in [5.41, 5.74) is 0.750. The molecule has 0 aromatic heterocycles. The first-order valence-electron chi connectivity index (χ1n) is 6.31. The number of unbranched alkanes of at least 4 members (excludes halogenated alkanes) is 3. The van der Waals surface area contributed by atoms with E-state index < -0.39 is 0 Å². The molecule has 2 N–H and O–H groups in total. The van der Waals surface area contributed by atoms with Crippen LogP contribution in [0.25, 0.3) is 0 Å². The molecule has 1 amide bonds. The summed E-state index contributed by atoms with van der Waals surface area (Å²) in [7, 11) is 0. The van der Waals surface area contributed by atoms with Crippen LogP contribution in [0.5, 0.6) is 0 Å². The molecule has 0 atom stereocenters. The van der Waals surface area contributed by atoms with E-state index in [2.05, 4.69) is 5.32 Å². The summed E-state index contributed by atoms with van der Waals surface area (Å²) in [6.07, 6.45) is 5.86. The third kappa shape index (κ3) is 5.10. The van der Waals surface area contributed by atoms with Crippen molar-refractivity contribution in [1.82, 2.24) is 5.32 Å². The van der Waals surface area contributed by atoms with Gasteiger partial charge >= 0.3 is 0 Å². The fourth-order valence-corrected chi connectivity index (χ4v) is 2.32. The Kier molecular flexibility index (Phi) is 7.53. The molecule has 0 heterocycles. The average Bonchev–Trinajstić information content (AvgIpc) is 2.42. The van der Waals surface area contributed by atoms with E-state index in [-0.39, 0.29) is 12.5 Å². The quantitative estimate of drug-likeness (QED) is 0.562. The number of aliphatic hydroxyl groups is 1. The molecule has 0 saturated carbocycles. The van der Waals surface area contributed by atoms with Gasteiger partial charge in [-0.2, -0.15) is 0 Å². The van der Waals surface area contributed by atoms with Gasteiger partial charge in [-0.3, -0.25) is 4.79 Å². The summed E-state index contributed by atoms with van der Waals surface area (Å²) < 4.78 is 0. The summed E-state index contributed by atoms with van der Waals surface area (Å²) in [5, 5.41) is 11.6. The number of nitrogens with one attached hydrogen (secondary N) is 1. The normalized spacial score (nSPS) is 10.3. The van der Waals surface area contributed by atoms with Crippen LogP contribution >= 0.6 is 11.8 Å². The molecule has 0 aliphatic rings. The highest BCUT2D eigenvalue weighted by Crippen LogP contribution is 2.19. The number of rotatable bonds is 8. The molecular weight excluding hydrogens is 246 g/mol. The van der Waals surface area contributed by atoms with Crippen molar-refractivity contribution < 1.29 is 9.90 Å². The molecule has 4 heteroatoms. The van der Waals surface area contributed by atoms with Crippen LogP contribution in [0.1, 0.15) is 36.0 Å². The summed E-state index contributed by atoms with van der Waals surface area (Å²) in [4.78, 5) is 13.0. The van der Waals surface area contributed by atoms with Crippen molar-refractivity contribution in [3.8, 4) is 0 Å². The predicted octanol–water partition coefficient (Wildman–Crippen LogP) is 2.69. The van der Waals surface area contributed by atoms with Gasteiger partial charge in [-0.05, 0) is 31.2 Å². The fourth-order valence-electron chi connectivity index (χ4n) is 1.72. The molecule has 1 aromatic carbocycles. The molecule has 3 nitrogen and oxygen atoms in total. The largest absolute Gasteiger partial charge is 0.396 e. The van der Waals surface area contributed by atoms with E-state index in [1.165, 1.54) is 0 Å². The molecule has 0 unspecified atom stereocenters. The molecule has 1 rings (SSSR count). The second-order valence-electron chi connectivity index (χ2n) is 4.09. The van der Waals surface area contributed by atoms with Crippen LogP contribution in [0.4, 0.5) is 0 Å². The van der Waals surface area contributed by atoms with Crippen molar-refractivity contribution in [2.45, 2.75) is 30.6 Å². The lowest BCUT2D eigenvalue weighted by molar-refractivity contribution is 0.0950. The molecule has 0 saturated heterocycles. The zero-order valence-corrected chi connectivity index (χ0v) is 11.6. The third-order valence-corrected chi connectivity index (χ3v) is 3.52. The maximum atomic E-state index is 11.9. The van der Waals surface area contributed by atoms with Crippen LogP contribution < -0.4 is 5.32 Å². The topological polar surface area (TPSA) is 49.3 Å². The second kappa shape index (κ2) is 9.00. The Labute approximate surface area is 113 Å². The number of hydrogen-bond donors (Lipinski definition) is 2. The van der Waals surface area contributed by atoms with Crippen molar-refractivity contribution in [3.63, 3.8) is 0 Å². The minimum Gasteiger partial charge on any atom is -0.396 e. The molecule has 0 aliphatic carbocycles. The van der Waals surface area contributed by atoms with Gasteiger partial charge in [0.1, 0.15) is 0 Å². The van der Waals surface area contributed by atoms with Crippen molar-refractivity contribution in [3.05, 3.63) is 29.8 Å². The number of thioether (sulfide) groups is 1. The third-order valence-electron chi connectivity index (χ3n) is 2.72. The zero-order valence-electron chi connectivity index (χ0n) is 10.8. The van der Waals surface area contributed by atoms with E-state index in [0.29, 0.717) is 6.54 Å². The summed E-state index contributed by atoms with van der Waals surface area (Å²) in [6, 6.07) is 7.64. The van der Waals surface area contributed by atoms with E-state index in [4.69, 9.17) is 5.11 Å². The lowest BCUT2D eigenvalue weighted by atomic mass is 10.2. The van der Waals surface area contributed by atoms with Crippen molar-refractivity contribution in [2.75, 3.05) is 19.4 Å². The number of aliphatic hydroxyl groups excluding tert-OH is 1. The monoisotopic (exact) mass is 267 g/mol. The summed E-state index contributed by atoms with van der Waals surface area (Å²) in [5.74, 6) is 0.00195. The Morgan fingerprint density at radius 1 is 1.22 bits per heavy atom. The number of carbonyl (C=O) groups is 1. The Hall–Kier alpha value is -1.00. The maximum Gasteiger partial charge on any atom is 0.252 e. The van der Waals surface area contributed by atoms with Gasteiger partial charge in [0.25, 0.3) is 5.91 Å². The molecular formula is C14H21NO2S. The van der Waals surface area contributed by atoms with E-state index in [1.807, 2.05) is 30.5 Å². The molecule has 0 radical (unpaired) electrons. The molecule has 0 fully saturated rings. The number of hydrogen-bond acceptors (Lipinski definition) is 3. The van der Waals surface area contributed by atoms with Crippen LogP contribution in [0.3, 0.4) is 0 Å². The molecule has 0 bridgehead atoms. The lowest BCUT2D eigenvalue weighted by Crippen LogP contribution is -2.24. The van der Waals surface area contributed by atoms with Crippen LogP contribution in [-0.4, -0.2) is 30.4 Å². The molecule has 0 spiro atoms. The van der Waals surface area contributed by atoms with E-state index in [0.717, 1.165) is 36.1 Å². The van der Waals surface area contributed by atoms with Crippen molar-refractivity contribution in [1.29, 1.82) is 0 Å².